The summed E-state index contributed by atoms with van der Waals surface area (Å²) in [5.41, 5.74) is 9.42. The number of rotatable bonds is 2. The van der Waals surface area contributed by atoms with Crippen LogP contribution in [0.2, 0.25) is 0 Å². The first-order valence-electron chi connectivity index (χ1n) is 7.12. The van der Waals surface area contributed by atoms with Crippen molar-refractivity contribution in [3.63, 3.8) is 0 Å². The molecular weight excluding hydrogens is 242 g/mol. The standard InChI is InChI=1S/C15H23NOS/c1-11-9-18-10-13(11)14(16)12-4-7-17-15(8-12)5-2-3-6-15/h9-10,12,14H,2-8,16H2,1H3. The molecule has 2 unspecified atom stereocenters. The monoisotopic (exact) mass is 265 g/mol. The van der Waals surface area contributed by atoms with E-state index in [1.165, 1.54) is 43.2 Å². The van der Waals surface area contributed by atoms with E-state index in [1.807, 2.05) is 0 Å². The molecule has 0 aromatic carbocycles. The van der Waals surface area contributed by atoms with E-state index >= 15 is 0 Å². The highest BCUT2D eigenvalue weighted by atomic mass is 32.1. The lowest BCUT2D eigenvalue weighted by atomic mass is 9.79. The van der Waals surface area contributed by atoms with Crippen molar-refractivity contribution in [2.45, 2.75) is 57.1 Å². The third-order valence-corrected chi connectivity index (χ3v) is 5.69. The number of hydrogen-bond donors (Lipinski definition) is 1. The molecule has 1 aromatic rings. The maximum atomic E-state index is 6.52. The number of nitrogens with two attached hydrogens (primary N) is 1. The van der Waals surface area contributed by atoms with Gasteiger partial charge in [0.05, 0.1) is 5.60 Å². The fourth-order valence-electron chi connectivity index (χ4n) is 3.71. The molecule has 2 fully saturated rings. The highest BCUT2D eigenvalue weighted by Crippen LogP contribution is 2.45. The first kappa shape index (κ1) is 12.6. The van der Waals surface area contributed by atoms with Gasteiger partial charge in [0.2, 0.25) is 0 Å². The normalized spacial score (nSPS) is 28.7. The van der Waals surface area contributed by atoms with Crippen molar-refractivity contribution >= 4 is 11.3 Å². The molecule has 1 aliphatic carbocycles. The molecule has 2 atom stereocenters. The van der Waals surface area contributed by atoms with Gasteiger partial charge in [-0.15, -0.1) is 0 Å². The van der Waals surface area contributed by atoms with Crippen molar-refractivity contribution in [1.82, 2.24) is 0 Å². The van der Waals surface area contributed by atoms with Gasteiger partial charge in [0.1, 0.15) is 0 Å². The average Bonchev–Trinajstić information content (AvgIpc) is 2.98. The van der Waals surface area contributed by atoms with Crippen LogP contribution in [0.15, 0.2) is 10.8 Å². The van der Waals surface area contributed by atoms with Crippen LogP contribution in [0.25, 0.3) is 0 Å². The van der Waals surface area contributed by atoms with Gasteiger partial charge in [-0.1, -0.05) is 12.8 Å². The van der Waals surface area contributed by atoms with Crippen LogP contribution in [-0.4, -0.2) is 12.2 Å². The molecule has 1 saturated carbocycles. The lowest BCUT2D eigenvalue weighted by Crippen LogP contribution is -2.40. The van der Waals surface area contributed by atoms with Gasteiger partial charge in [-0.05, 0) is 60.4 Å². The lowest BCUT2D eigenvalue weighted by molar-refractivity contribution is -0.0963. The summed E-state index contributed by atoms with van der Waals surface area (Å²) >= 11 is 1.77. The van der Waals surface area contributed by atoms with E-state index in [-0.39, 0.29) is 11.6 Å². The summed E-state index contributed by atoms with van der Waals surface area (Å²) in [7, 11) is 0. The molecule has 1 spiro atoms. The van der Waals surface area contributed by atoms with E-state index in [4.69, 9.17) is 10.5 Å². The van der Waals surface area contributed by atoms with Crippen molar-refractivity contribution in [3.05, 3.63) is 21.9 Å². The zero-order valence-corrected chi connectivity index (χ0v) is 12.0. The smallest absolute Gasteiger partial charge is 0.0685 e. The van der Waals surface area contributed by atoms with Crippen LogP contribution in [0.3, 0.4) is 0 Å². The Balaban J connectivity index is 1.74. The van der Waals surface area contributed by atoms with Crippen LogP contribution in [0, 0.1) is 12.8 Å². The summed E-state index contributed by atoms with van der Waals surface area (Å²) in [6.45, 7) is 3.08. The molecular formula is C15H23NOS. The van der Waals surface area contributed by atoms with E-state index in [9.17, 15) is 0 Å². The highest BCUT2D eigenvalue weighted by molar-refractivity contribution is 7.08. The molecule has 0 amide bonds. The van der Waals surface area contributed by atoms with Gasteiger partial charge in [0.15, 0.2) is 0 Å². The Morgan fingerprint density at radius 1 is 1.39 bits per heavy atom. The fourth-order valence-corrected chi connectivity index (χ4v) is 4.60. The van der Waals surface area contributed by atoms with Crippen LogP contribution in [0.1, 0.15) is 55.7 Å². The predicted octanol–water partition coefficient (Wildman–Crippen LogP) is 3.80. The number of ether oxygens (including phenoxy) is 1. The molecule has 1 aromatic heterocycles. The Bertz CT molecular complexity index is 408. The molecule has 2 N–H and O–H groups in total. The molecule has 18 heavy (non-hydrogen) atoms. The van der Waals surface area contributed by atoms with Crippen LogP contribution in [0.5, 0.6) is 0 Å². The van der Waals surface area contributed by atoms with Gasteiger partial charge in [-0.2, -0.15) is 11.3 Å². The summed E-state index contributed by atoms with van der Waals surface area (Å²) < 4.78 is 6.10. The minimum atomic E-state index is 0.185. The first-order valence-corrected chi connectivity index (χ1v) is 8.07. The number of hydrogen-bond acceptors (Lipinski definition) is 3. The predicted molar refractivity (Wildman–Crippen MR) is 75.9 cm³/mol. The third-order valence-electron chi connectivity index (χ3n) is 4.81. The highest BCUT2D eigenvalue weighted by Gasteiger charge is 2.41. The van der Waals surface area contributed by atoms with Crippen LogP contribution >= 0.6 is 11.3 Å². The molecule has 0 bridgehead atoms. The van der Waals surface area contributed by atoms with Gasteiger partial charge >= 0.3 is 0 Å². The maximum absolute atomic E-state index is 6.52. The SMILES string of the molecule is Cc1cscc1C(N)C1CCOC2(CCCC2)C1. The average molecular weight is 265 g/mol. The largest absolute Gasteiger partial charge is 0.375 e. The fraction of sp³-hybridized carbons (Fsp3) is 0.733. The Morgan fingerprint density at radius 3 is 2.83 bits per heavy atom. The summed E-state index contributed by atoms with van der Waals surface area (Å²) in [5, 5.41) is 4.44. The van der Waals surface area contributed by atoms with Gasteiger partial charge < -0.3 is 10.5 Å². The second kappa shape index (κ2) is 4.95. The van der Waals surface area contributed by atoms with Crippen molar-refractivity contribution in [3.8, 4) is 0 Å². The molecule has 2 heterocycles. The second-order valence-electron chi connectivity index (χ2n) is 6.03. The quantitative estimate of drug-likeness (QED) is 0.883. The molecule has 100 valence electrons. The van der Waals surface area contributed by atoms with Crippen LogP contribution in [-0.2, 0) is 4.74 Å². The van der Waals surface area contributed by atoms with Crippen LogP contribution in [0.4, 0.5) is 0 Å². The first-order chi connectivity index (χ1) is 8.70. The van der Waals surface area contributed by atoms with E-state index in [2.05, 4.69) is 17.7 Å². The Labute approximate surface area is 114 Å². The minimum Gasteiger partial charge on any atom is -0.375 e. The Kier molecular flexibility index (Phi) is 3.48. The molecule has 2 nitrogen and oxygen atoms in total. The van der Waals surface area contributed by atoms with E-state index in [0.29, 0.717) is 5.92 Å². The van der Waals surface area contributed by atoms with Gasteiger partial charge in [0, 0.05) is 12.6 Å². The third kappa shape index (κ3) is 2.24. The second-order valence-corrected chi connectivity index (χ2v) is 6.77. The molecule has 1 saturated heterocycles. The number of aryl methyl sites for hydroxylation is 1. The van der Waals surface area contributed by atoms with Crippen molar-refractivity contribution < 1.29 is 4.74 Å². The molecule has 2 aliphatic rings. The summed E-state index contributed by atoms with van der Waals surface area (Å²) in [6.07, 6.45) is 7.46. The van der Waals surface area contributed by atoms with Crippen LogP contribution < -0.4 is 5.73 Å². The Hall–Kier alpha value is -0.380. The van der Waals surface area contributed by atoms with E-state index in [0.717, 1.165) is 13.0 Å². The van der Waals surface area contributed by atoms with Crippen molar-refractivity contribution in [1.29, 1.82) is 0 Å². The zero-order valence-electron chi connectivity index (χ0n) is 11.2. The number of thiophene rings is 1. The zero-order chi connectivity index (χ0) is 12.6. The maximum Gasteiger partial charge on any atom is 0.0685 e. The van der Waals surface area contributed by atoms with Crippen molar-refractivity contribution in [2.24, 2.45) is 11.7 Å². The summed E-state index contributed by atoms with van der Waals surface area (Å²) in [4.78, 5) is 0. The van der Waals surface area contributed by atoms with E-state index < -0.39 is 0 Å². The topological polar surface area (TPSA) is 35.2 Å². The van der Waals surface area contributed by atoms with Gasteiger partial charge in [-0.25, -0.2) is 0 Å². The molecule has 0 radical (unpaired) electrons. The molecule has 1 aliphatic heterocycles. The molecule has 3 heteroatoms. The van der Waals surface area contributed by atoms with E-state index in [1.54, 1.807) is 11.3 Å². The Morgan fingerprint density at radius 2 is 2.17 bits per heavy atom. The lowest BCUT2D eigenvalue weighted by Gasteiger charge is -2.40. The minimum absolute atomic E-state index is 0.185. The van der Waals surface area contributed by atoms with Gasteiger partial charge in [0.25, 0.3) is 0 Å². The van der Waals surface area contributed by atoms with Gasteiger partial charge in [-0.3, -0.25) is 0 Å². The molecule has 3 rings (SSSR count). The summed E-state index contributed by atoms with van der Waals surface area (Å²) in [5.74, 6) is 0.602. The summed E-state index contributed by atoms with van der Waals surface area (Å²) in [6, 6.07) is 0.206. The van der Waals surface area contributed by atoms with Crippen molar-refractivity contribution in [2.75, 3.05) is 6.61 Å².